The van der Waals surface area contributed by atoms with E-state index in [2.05, 4.69) is 0 Å². The molecule has 36 heavy (non-hydrogen) atoms. The van der Waals surface area contributed by atoms with Gasteiger partial charge in [0.2, 0.25) is 0 Å². The minimum absolute atomic E-state index is 0.129. The number of aliphatic hydroxyl groups excluding tert-OH is 1. The summed E-state index contributed by atoms with van der Waals surface area (Å²) < 4.78 is 29.0. The quantitative estimate of drug-likeness (QED) is 0.262. The highest BCUT2D eigenvalue weighted by Gasteiger charge is 2.87. The molecule has 0 bridgehead atoms. The Labute approximate surface area is 209 Å². The zero-order chi connectivity index (χ0) is 26.8. The van der Waals surface area contributed by atoms with Gasteiger partial charge in [0.15, 0.2) is 17.3 Å². The lowest BCUT2D eigenvalue weighted by atomic mass is 9.56. The van der Waals surface area contributed by atoms with Gasteiger partial charge in [-0.3, -0.25) is 14.4 Å². The number of aliphatic hydroxyl groups is 1. The lowest BCUT2D eigenvalue weighted by molar-refractivity contribution is -0.189. The van der Waals surface area contributed by atoms with Crippen molar-refractivity contribution in [3.8, 4) is 0 Å². The third-order valence-electron chi connectivity index (χ3n) is 8.17. The van der Waals surface area contributed by atoms with E-state index in [1.54, 1.807) is 32.9 Å². The molecule has 1 spiro atoms. The third kappa shape index (κ3) is 3.76. The van der Waals surface area contributed by atoms with Crippen LogP contribution in [-0.2, 0) is 42.9 Å². The summed E-state index contributed by atoms with van der Waals surface area (Å²) in [5.74, 6) is -3.12. The van der Waals surface area contributed by atoms with Crippen molar-refractivity contribution in [3.63, 3.8) is 0 Å². The highest BCUT2D eigenvalue weighted by Crippen LogP contribution is 2.65. The number of carbonyl (C=O) groups is 4. The van der Waals surface area contributed by atoms with Gasteiger partial charge in [0, 0.05) is 33.1 Å². The highest BCUT2D eigenvalue weighted by atomic mass is 16.7. The van der Waals surface area contributed by atoms with E-state index < -0.39 is 70.8 Å². The summed E-state index contributed by atoms with van der Waals surface area (Å²) in [7, 11) is 0. The normalized spacial score (nSPS) is 44.8. The van der Waals surface area contributed by atoms with Gasteiger partial charge in [0.1, 0.15) is 24.1 Å². The molecule has 2 aliphatic carbocycles. The average Bonchev–Trinajstić information content (AvgIpc) is 3.34. The Morgan fingerprint density at radius 3 is 2.28 bits per heavy atom. The fourth-order valence-electron chi connectivity index (χ4n) is 6.55. The molecular formula is C26H34O10. The molecule has 198 valence electrons. The molecule has 2 unspecified atom stereocenters. The smallest absolute Gasteiger partial charge is 0.342 e. The number of hydrogen-bond acceptors (Lipinski definition) is 10. The SMILES string of the molecule is CC(=O)OC1=CCC(C)[C@@H]2[C@@H](OC(C)=O)[C@]34OC3(C)C(=O)O[C@H]4/C=C(/C)C[C@@H](OC(C)=O)[C@H](O)[C@@]12C. The second-order valence-electron chi connectivity index (χ2n) is 10.8. The first kappa shape index (κ1) is 26.3. The maximum Gasteiger partial charge on any atom is 0.342 e. The van der Waals surface area contributed by atoms with Gasteiger partial charge in [-0.15, -0.1) is 0 Å². The number of epoxide rings is 1. The number of allylic oxidation sites excluding steroid dienone is 1. The minimum Gasteiger partial charge on any atom is -0.459 e. The molecule has 0 saturated carbocycles. The second kappa shape index (κ2) is 8.69. The zero-order valence-electron chi connectivity index (χ0n) is 21.7. The summed E-state index contributed by atoms with van der Waals surface area (Å²) in [6, 6.07) is 0. The van der Waals surface area contributed by atoms with Crippen LogP contribution in [0.25, 0.3) is 0 Å². The molecule has 2 aliphatic heterocycles. The Kier molecular flexibility index (Phi) is 6.36. The van der Waals surface area contributed by atoms with E-state index in [-0.39, 0.29) is 18.1 Å². The summed E-state index contributed by atoms with van der Waals surface area (Å²) in [6.45, 7) is 10.7. The Hall–Kier alpha value is -2.72. The largest absolute Gasteiger partial charge is 0.459 e. The molecule has 0 aromatic heterocycles. The molecular weight excluding hydrogens is 472 g/mol. The molecule has 0 radical (unpaired) electrons. The number of esters is 4. The first-order valence-corrected chi connectivity index (χ1v) is 12.2. The molecule has 2 heterocycles. The van der Waals surface area contributed by atoms with Crippen LogP contribution in [-0.4, -0.2) is 64.6 Å². The summed E-state index contributed by atoms with van der Waals surface area (Å²) in [5.41, 5.74) is -3.41. The van der Waals surface area contributed by atoms with Crippen molar-refractivity contribution in [1.29, 1.82) is 0 Å². The molecule has 2 fully saturated rings. The van der Waals surface area contributed by atoms with Crippen molar-refractivity contribution in [2.75, 3.05) is 0 Å². The molecule has 4 rings (SSSR count). The van der Waals surface area contributed by atoms with Gasteiger partial charge in [0.25, 0.3) is 0 Å². The lowest BCUT2D eigenvalue weighted by Gasteiger charge is -2.52. The topological polar surface area (TPSA) is 138 Å². The fourth-order valence-corrected chi connectivity index (χ4v) is 6.55. The first-order chi connectivity index (χ1) is 16.7. The molecule has 10 nitrogen and oxygen atoms in total. The Morgan fingerprint density at radius 1 is 1.08 bits per heavy atom. The van der Waals surface area contributed by atoms with Gasteiger partial charge in [-0.2, -0.15) is 0 Å². The van der Waals surface area contributed by atoms with E-state index in [4.69, 9.17) is 23.7 Å². The van der Waals surface area contributed by atoms with Gasteiger partial charge in [-0.1, -0.05) is 12.5 Å². The van der Waals surface area contributed by atoms with Crippen LogP contribution in [0.3, 0.4) is 0 Å². The van der Waals surface area contributed by atoms with Crippen LogP contribution in [0, 0.1) is 17.3 Å². The van der Waals surface area contributed by atoms with E-state index in [0.29, 0.717) is 12.0 Å². The number of fused-ring (bicyclic) bond motifs is 1. The Bertz CT molecular complexity index is 1060. The maximum atomic E-state index is 12.9. The highest BCUT2D eigenvalue weighted by molar-refractivity contribution is 5.89. The predicted molar refractivity (Wildman–Crippen MR) is 123 cm³/mol. The van der Waals surface area contributed by atoms with Crippen molar-refractivity contribution < 1.29 is 48.0 Å². The van der Waals surface area contributed by atoms with Crippen LogP contribution < -0.4 is 0 Å². The maximum absolute atomic E-state index is 12.9. The van der Waals surface area contributed by atoms with Gasteiger partial charge in [-0.05, 0) is 45.3 Å². The lowest BCUT2D eigenvalue weighted by Crippen LogP contribution is -2.61. The number of carbonyl (C=O) groups excluding carboxylic acids is 4. The zero-order valence-corrected chi connectivity index (χ0v) is 21.7. The average molecular weight is 507 g/mol. The van der Waals surface area contributed by atoms with Crippen LogP contribution in [0.2, 0.25) is 0 Å². The predicted octanol–water partition coefficient (Wildman–Crippen LogP) is 2.12. The van der Waals surface area contributed by atoms with Gasteiger partial charge in [-0.25, -0.2) is 4.79 Å². The third-order valence-corrected chi connectivity index (χ3v) is 8.17. The van der Waals surface area contributed by atoms with Crippen molar-refractivity contribution in [3.05, 3.63) is 23.5 Å². The Morgan fingerprint density at radius 2 is 1.72 bits per heavy atom. The van der Waals surface area contributed by atoms with E-state index in [1.807, 2.05) is 6.92 Å². The summed E-state index contributed by atoms with van der Waals surface area (Å²) in [6.07, 6.45) is -0.333. The molecule has 1 N–H and O–H groups in total. The monoisotopic (exact) mass is 506 g/mol. The minimum atomic E-state index is -1.38. The van der Waals surface area contributed by atoms with E-state index in [0.717, 1.165) is 0 Å². The van der Waals surface area contributed by atoms with Gasteiger partial charge in [0.05, 0.1) is 5.41 Å². The standard InChI is InChI=1S/C26H34O10/c1-12-10-17(32-14(3)27)21(30)24(6)18(33-15(4)28)9-8-13(2)20(24)22(34-16(5)29)26-19(11-12)35-23(31)25(26,7)36-26/h9,11,13,17,19-22,30H,8,10H2,1-7H3/b12-11-/t13?,17-,19+,20-,21+,22-,24+,25?,26+/m1/s1. The molecule has 0 amide bonds. The van der Waals surface area contributed by atoms with Crippen LogP contribution in [0.1, 0.15) is 61.3 Å². The Balaban J connectivity index is 1.99. The van der Waals surface area contributed by atoms with Crippen LogP contribution >= 0.6 is 0 Å². The molecule has 2 saturated heterocycles. The van der Waals surface area contributed by atoms with Crippen LogP contribution in [0.15, 0.2) is 23.5 Å². The fraction of sp³-hybridized carbons (Fsp3) is 0.692. The van der Waals surface area contributed by atoms with Crippen LogP contribution in [0.4, 0.5) is 0 Å². The molecule has 4 aliphatic rings. The number of hydrogen-bond donors (Lipinski definition) is 1. The first-order valence-electron chi connectivity index (χ1n) is 12.2. The van der Waals surface area contributed by atoms with Gasteiger partial charge >= 0.3 is 23.9 Å². The molecule has 10 heteroatoms. The van der Waals surface area contributed by atoms with Crippen molar-refractivity contribution in [1.82, 2.24) is 0 Å². The van der Waals surface area contributed by atoms with Crippen molar-refractivity contribution >= 4 is 23.9 Å². The van der Waals surface area contributed by atoms with E-state index in [1.165, 1.54) is 20.8 Å². The summed E-state index contributed by atoms with van der Waals surface area (Å²) >= 11 is 0. The van der Waals surface area contributed by atoms with Crippen LogP contribution in [0.5, 0.6) is 0 Å². The number of rotatable bonds is 3. The summed E-state index contributed by atoms with van der Waals surface area (Å²) in [4.78, 5) is 49.5. The van der Waals surface area contributed by atoms with Crippen molar-refractivity contribution in [2.24, 2.45) is 17.3 Å². The van der Waals surface area contributed by atoms with Gasteiger partial charge < -0.3 is 28.8 Å². The van der Waals surface area contributed by atoms with E-state index in [9.17, 15) is 24.3 Å². The molecule has 0 aromatic rings. The summed E-state index contributed by atoms with van der Waals surface area (Å²) in [5, 5.41) is 11.9. The number of ether oxygens (including phenoxy) is 5. The molecule has 9 atom stereocenters. The van der Waals surface area contributed by atoms with Crippen molar-refractivity contribution in [2.45, 2.75) is 96.9 Å². The van der Waals surface area contributed by atoms with E-state index >= 15 is 0 Å². The molecule has 0 aromatic carbocycles. The second-order valence-corrected chi connectivity index (χ2v) is 10.8.